The summed E-state index contributed by atoms with van der Waals surface area (Å²) in [5.74, 6) is -0.0797. The van der Waals surface area contributed by atoms with E-state index in [0.29, 0.717) is 16.6 Å². The van der Waals surface area contributed by atoms with E-state index >= 15 is 0 Å². The first-order chi connectivity index (χ1) is 21.7. The molecule has 5 aromatic carbocycles. The molecule has 0 spiro atoms. The largest absolute Gasteiger partial charge is 0.283 e. The van der Waals surface area contributed by atoms with E-state index in [2.05, 4.69) is 55.1 Å². The average molecular weight is 589 g/mol. The predicted octanol–water partition coefficient (Wildman–Crippen LogP) is 9.15. The zero-order valence-electron chi connectivity index (χ0n) is 23.9. The monoisotopic (exact) mass is 588 g/mol. The number of benzene rings is 5. The van der Waals surface area contributed by atoms with Crippen molar-refractivity contribution in [3.8, 4) is 28.2 Å². The summed E-state index contributed by atoms with van der Waals surface area (Å²) in [7, 11) is 0. The molecule has 1 amide bonds. The Morgan fingerprint density at radius 2 is 1.45 bits per heavy atom. The Hall–Kier alpha value is -5.46. The van der Waals surface area contributed by atoms with Crippen LogP contribution < -0.4 is 0 Å². The van der Waals surface area contributed by atoms with Crippen molar-refractivity contribution in [2.45, 2.75) is 0 Å². The Bertz CT molecular complexity index is 2040. The van der Waals surface area contributed by atoms with Crippen molar-refractivity contribution >= 4 is 45.4 Å². The van der Waals surface area contributed by atoms with Gasteiger partial charge in [0.15, 0.2) is 5.17 Å². The average Bonchev–Trinajstić information content (AvgIpc) is 3.64. The van der Waals surface area contributed by atoms with E-state index in [-0.39, 0.29) is 5.91 Å². The lowest BCUT2D eigenvalue weighted by atomic mass is 10.1. The lowest BCUT2D eigenvalue weighted by Gasteiger charge is -2.13. The fourth-order valence-corrected chi connectivity index (χ4v) is 6.30. The number of hydrogen-bond acceptors (Lipinski definition) is 4. The molecular weight excluding hydrogens is 561 g/mol. The molecule has 1 aliphatic rings. The van der Waals surface area contributed by atoms with Crippen molar-refractivity contribution in [1.82, 2.24) is 14.7 Å². The summed E-state index contributed by atoms with van der Waals surface area (Å²) in [4.78, 5) is 20.7. The van der Waals surface area contributed by atoms with Crippen LogP contribution in [-0.2, 0) is 4.79 Å². The predicted molar refractivity (Wildman–Crippen MR) is 183 cm³/mol. The number of aliphatic imine (C=N–C) groups is 1. The van der Waals surface area contributed by atoms with Gasteiger partial charge in [-0.05, 0) is 53.1 Å². The zero-order valence-corrected chi connectivity index (χ0v) is 24.7. The Morgan fingerprint density at radius 3 is 2.20 bits per heavy atom. The Balaban J connectivity index is 1.21. The highest BCUT2D eigenvalue weighted by atomic mass is 32.2. The third-order valence-electron chi connectivity index (χ3n) is 7.47. The maximum absolute atomic E-state index is 13.5. The van der Waals surface area contributed by atoms with Crippen LogP contribution in [0.2, 0.25) is 0 Å². The van der Waals surface area contributed by atoms with Crippen LogP contribution in [0.4, 0.5) is 5.69 Å². The van der Waals surface area contributed by atoms with Gasteiger partial charge >= 0.3 is 0 Å². The van der Waals surface area contributed by atoms with Gasteiger partial charge in [0.1, 0.15) is 0 Å². The van der Waals surface area contributed by atoms with E-state index < -0.39 is 0 Å². The maximum Gasteiger partial charge on any atom is 0.267 e. The van der Waals surface area contributed by atoms with Gasteiger partial charge in [-0.25, -0.2) is 9.67 Å². The number of thioether (sulfide) groups is 1. The van der Waals surface area contributed by atoms with Crippen molar-refractivity contribution < 1.29 is 4.79 Å². The molecule has 1 fully saturated rings. The van der Waals surface area contributed by atoms with Crippen molar-refractivity contribution in [2.24, 2.45) is 4.99 Å². The number of carbonyl (C=O) groups is 1. The van der Waals surface area contributed by atoms with Gasteiger partial charge in [-0.3, -0.25) is 9.69 Å². The van der Waals surface area contributed by atoms with E-state index in [9.17, 15) is 4.79 Å². The van der Waals surface area contributed by atoms with Crippen LogP contribution in [0.5, 0.6) is 0 Å². The molecule has 2 heterocycles. The molecule has 0 saturated carbocycles. The van der Waals surface area contributed by atoms with E-state index in [1.54, 1.807) is 11.0 Å². The second-order valence-electron chi connectivity index (χ2n) is 10.4. The number of amidine groups is 1. The molecule has 0 aliphatic carbocycles. The second-order valence-corrected chi connectivity index (χ2v) is 11.4. The number of hydrogen-bond donors (Lipinski definition) is 0. The van der Waals surface area contributed by atoms with Crippen LogP contribution in [0.25, 0.3) is 45.1 Å². The topological polar surface area (TPSA) is 50.5 Å². The van der Waals surface area contributed by atoms with E-state index in [0.717, 1.165) is 50.2 Å². The maximum atomic E-state index is 13.5. The first-order valence-corrected chi connectivity index (χ1v) is 15.2. The van der Waals surface area contributed by atoms with Gasteiger partial charge in [0.2, 0.25) is 0 Å². The number of carbonyl (C=O) groups excluding carboxylic acids is 1. The molecule has 7 rings (SSSR count). The molecule has 1 aliphatic heterocycles. The quantitative estimate of drug-likeness (QED) is 0.138. The summed E-state index contributed by atoms with van der Waals surface area (Å²) in [5, 5.41) is 7.79. The first-order valence-electron chi connectivity index (χ1n) is 14.4. The number of nitrogens with zero attached hydrogens (tertiary/aromatic N) is 4. The van der Waals surface area contributed by atoms with Gasteiger partial charge in [0, 0.05) is 23.1 Å². The van der Waals surface area contributed by atoms with Gasteiger partial charge in [0.05, 0.1) is 27.7 Å². The van der Waals surface area contributed by atoms with Gasteiger partial charge in [-0.1, -0.05) is 115 Å². The molecule has 1 saturated heterocycles. The fraction of sp³-hybridized carbons (Fsp3) is 0.0263. The summed E-state index contributed by atoms with van der Waals surface area (Å²) in [6, 6.07) is 44.9. The van der Waals surface area contributed by atoms with Crippen molar-refractivity contribution in [3.05, 3.63) is 157 Å². The van der Waals surface area contributed by atoms with E-state index in [1.165, 1.54) is 11.8 Å². The van der Waals surface area contributed by atoms with Crippen molar-refractivity contribution in [1.29, 1.82) is 0 Å². The Kier molecular flexibility index (Phi) is 7.49. The molecule has 6 aromatic rings. The summed E-state index contributed by atoms with van der Waals surface area (Å²) < 4.78 is 1.98. The first kappa shape index (κ1) is 27.4. The zero-order chi connectivity index (χ0) is 29.9. The summed E-state index contributed by atoms with van der Waals surface area (Å²) in [6.07, 6.45) is 3.65. The van der Waals surface area contributed by atoms with Gasteiger partial charge < -0.3 is 0 Å². The number of fused-ring (bicyclic) bond motifs is 1. The summed E-state index contributed by atoms with van der Waals surface area (Å²) >= 11 is 1.39. The number of rotatable bonds is 7. The van der Waals surface area contributed by atoms with E-state index in [1.807, 2.05) is 95.7 Å². The molecular formula is C38H28N4OS. The van der Waals surface area contributed by atoms with Gasteiger partial charge in [-0.15, -0.1) is 6.58 Å². The lowest BCUT2D eigenvalue weighted by Crippen LogP contribution is -2.29. The third-order valence-corrected chi connectivity index (χ3v) is 8.47. The Morgan fingerprint density at radius 1 is 0.773 bits per heavy atom. The highest BCUT2D eigenvalue weighted by Gasteiger charge is 2.32. The molecule has 1 aromatic heterocycles. The highest BCUT2D eigenvalue weighted by molar-refractivity contribution is 8.18. The van der Waals surface area contributed by atoms with Crippen molar-refractivity contribution in [3.63, 3.8) is 0 Å². The van der Waals surface area contributed by atoms with Crippen LogP contribution in [0.1, 0.15) is 5.56 Å². The molecule has 0 radical (unpaired) electrons. The van der Waals surface area contributed by atoms with Crippen LogP contribution in [0, 0.1) is 0 Å². The third kappa shape index (κ3) is 5.39. The summed E-state index contributed by atoms with van der Waals surface area (Å²) in [6.45, 7) is 4.25. The minimum Gasteiger partial charge on any atom is -0.283 e. The molecule has 5 nitrogen and oxygen atoms in total. The molecule has 0 atom stereocenters. The molecule has 0 bridgehead atoms. The van der Waals surface area contributed by atoms with Gasteiger partial charge in [-0.2, -0.15) is 5.10 Å². The van der Waals surface area contributed by atoms with Crippen LogP contribution in [-0.4, -0.2) is 32.3 Å². The minimum atomic E-state index is -0.0797. The molecule has 212 valence electrons. The molecule has 6 heteroatoms. The normalized spacial score (nSPS) is 15.0. The second kappa shape index (κ2) is 12.0. The van der Waals surface area contributed by atoms with Crippen molar-refractivity contribution in [2.75, 3.05) is 6.54 Å². The lowest BCUT2D eigenvalue weighted by molar-refractivity contribution is -0.121. The SMILES string of the molecule is C=CCN1C(=O)C(=Cc2ccc(-n3nc(-c4ccccc4)cc3-c3ccccc3)cc2)SC1=Nc1cccc2ccccc12. The van der Waals surface area contributed by atoms with Crippen LogP contribution in [0.15, 0.2) is 156 Å². The fourth-order valence-electron chi connectivity index (χ4n) is 5.30. The standard InChI is InChI=1S/C38H28N4OS/c1-2-24-41-37(43)36(44-38(41)39-33-19-11-17-28-12-9-10-18-32(28)33)25-27-20-22-31(23-21-27)42-35(30-15-7-4-8-16-30)26-34(40-42)29-13-5-3-6-14-29/h2-23,25-26H,1,24H2. The highest BCUT2D eigenvalue weighted by Crippen LogP contribution is 2.36. The molecule has 0 N–H and O–H groups in total. The van der Waals surface area contributed by atoms with Crippen LogP contribution in [0.3, 0.4) is 0 Å². The number of amides is 1. The molecule has 44 heavy (non-hydrogen) atoms. The van der Waals surface area contributed by atoms with Gasteiger partial charge in [0.25, 0.3) is 5.91 Å². The van der Waals surface area contributed by atoms with E-state index in [4.69, 9.17) is 10.1 Å². The van der Waals surface area contributed by atoms with Crippen LogP contribution >= 0.6 is 11.8 Å². The smallest absolute Gasteiger partial charge is 0.267 e. The Labute approximate surface area is 260 Å². The number of aromatic nitrogens is 2. The molecule has 0 unspecified atom stereocenters. The summed E-state index contributed by atoms with van der Waals surface area (Å²) in [5.41, 5.74) is 6.75. The minimum absolute atomic E-state index is 0.0797.